The first-order valence-electron chi connectivity index (χ1n) is 3.75. The second kappa shape index (κ2) is 2.62. The van der Waals surface area contributed by atoms with Gasteiger partial charge < -0.3 is 18.9 Å². The third-order valence-corrected chi connectivity index (χ3v) is 1.74. The Morgan fingerprint density at radius 2 is 1.67 bits per heavy atom. The summed E-state index contributed by atoms with van der Waals surface area (Å²) in [5.74, 6) is -0.642. The maximum Gasteiger partial charge on any atom is 0.254 e. The molecule has 0 aromatic heterocycles. The lowest BCUT2D eigenvalue weighted by Gasteiger charge is -2.24. The van der Waals surface area contributed by atoms with Crippen LogP contribution in [-0.2, 0) is 18.9 Å². The molecule has 0 spiro atoms. The van der Waals surface area contributed by atoms with Gasteiger partial charge in [0, 0.05) is 6.92 Å². The van der Waals surface area contributed by atoms with Crippen molar-refractivity contribution < 1.29 is 18.9 Å². The van der Waals surface area contributed by atoms with E-state index in [0.717, 1.165) is 0 Å². The number of rotatable bonds is 2. The molecule has 0 radical (unpaired) electrons. The molecule has 0 aromatic carbocycles. The molecule has 4 heteroatoms. The lowest BCUT2D eigenvalue weighted by Crippen LogP contribution is -2.31. The van der Waals surface area contributed by atoms with E-state index in [2.05, 4.69) is 0 Å². The summed E-state index contributed by atoms with van der Waals surface area (Å²) in [6, 6.07) is 0. The van der Waals surface area contributed by atoms with E-state index in [4.69, 9.17) is 18.9 Å². The summed E-state index contributed by atoms with van der Waals surface area (Å²) in [6.45, 7) is 1.83. The van der Waals surface area contributed by atoms with Crippen LogP contribution in [0.25, 0.3) is 0 Å². The van der Waals surface area contributed by atoms with Gasteiger partial charge in [-0.2, -0.15) is 0 Å². The highest BCUT2D eigenvalue weighted by Crippen LogP contribution is 2.27. The van der Waals surface area contributed by atoms with Crippen LogP contribution in [0.1, 0.15) is 13.3 Å². The van der Waals surface area contributed by atoms with E-state index >= 15 is 0 Å². The van der Waals surface area contributed by atoms with Crippen LogP contribution < -0.4 is 0 Å². The molecule has 0 bridgehead atoms. The Bertz CT molecular complexity index is 205. The molecule has 0 atom stereocenters. The van der Waals surface area contributed by atoms with Gasteiger partial charge in [-0.1, -0.05) is 0 Å². The van der Waals surface area contributed by atoms with E-state index < -0.39 is 5.79 Å². The molecule has 0 saturated carbocycles. The lowest BCUT2D eigenvalue weighted by atomic mass is 10.2. The van der Waals surface area contributed by atoms with E-state index in [-0.39, 0.29) is 6.29 Å². The van der Waals surface area contributed by atoms with Gasteiger partial charge in [-0.05, 0) is 0 Å². The van der Waals surface area contributed by atoms with E-state index in [1.165, 1.54) is 25.0 Å². The summed E-state index contributed by atoms with van der Waals surface area (Å²) in [7, 11) is 0. The summed E-state index contributed by atoms with van der Waals surface area (Å²) in [6.07, 6.45) is 6.29. The summed E-state index contributed by atoms with van der Waals surface area (Å²) in [5, 5.41) is 0. The number of ether oxygens (including phenoxy) is 4. The van der Waals surface area contributed by atoms with Gasteiger partial charge in [0.25, 0.3) is 5.79 Å². The largest absolute Gasteiger partial charge is 0.459 e. The van der Waals surface area contributed by atoms with Gasteiger partial charge in [-0.15, -0.1) is 0 Å². The second-order valence-electron chi connectivity index (χ2n) is 2.82. The predicted octanol–water partition coefficient (Wildman–Crippen LogP) is 1.45. The van der Waals surface area contributed by atoms with Crippen LogP contribution in [0.3, 0.4) is 0 Å². The third-order valence-electron chi connectivity index (χ3n) is 1.74. The first-order valence-corrected chi connectivity index (χ1v) is 3.75. The van der Waals surface area contributed by atoms with E-state index in [1.54, 1.807) is 0 Å². The van der Waals surface area contributed by atoms with Crippen molar-refractivity contribution in [2.75, 3.05) is 0 Å². The lowest BCUT2D eigenvalue weighted by molar-refractivity contribution is -0.176. The fourth-order valence-electron chi connectivity index (χ4n) is 1.14. The van der Waals surface area contributed by atoms with Crippen LogP contribution in [0.4, 0.5) is 0 Å². The summed E-state index contributed by atoms with van der Waals surface area (Å²) >= 11 is 0. The van der Waals surface area contributed by atoms with Gasteiger partial charge in [-0.25, -0.2) is 0 Å². The Kier molecular flexibility index (Phi) is 1.60. The van der Waals surface area contributed by atoms with Crippen LogP contribution in [0, 0.1) is 0 Å². The van der Waals surface area contributed by atoms with Crippen molar-refractivity contribution in [2.45, 2.75) is 25.4 Å². The molecule has 2 aliphatic rings. The monoisotopic (exact) mass is 170 g/mol. The topological polar surface area (TPSA) is 36.9 Å². The molecule has 2 rings (SSSR count). The zero-order valence-corrected chi connectivity index (χ0v) is 6.73. The normalized spacial score (nSPS) is 24.4. The fourth-order valence-corrected chi connectivity index (χ4v) is 1.14. The number of hydrogen-bond acceptors (Lipinski definition) is 4. The highest BCUT2D eigenvalue weighted by atomic mass is 16.7. The molecule has 66 valence electrons. The molecule has 0 unspecified atom stereocenters. The molecular weight excluding hydrogens is 160 g/mol. The Hall–Kier alpha value is -1.32. The van der Waals surface area contributed by atoms with Crippen molar-refractivity contribution in [3.8, 4) is 0 Å². The van der Waals surface area contributed by atoms with Crippen LogP contribution in [0.2, 0.25) is 0 Å². The summed E-state index contributed by atoms with van der Waals surface area (Å²) in [5.41, 5.74) is 0. The van der Waals surface area contributed by atoms with Crippen LogP contribution in [-0.4, -0.2) is 12.1 Å². The highest BCUT2D eigenvalue weighted by molar-refractivity contribution is 4.83. The van der Waals surface area contributed by atoms with E-state index in [1.807, 2.05) is 6.92 Å². The van der Waals surface area contributed by atoms with Crippen molar-refractivity contribution in [3.05, 3.63) is 25.0 Å². The minimum absolute atomic E-state index is 0.296. The second-order valence-corrected chi connectivity index (χ2v) is 2.82. The standard InChI is InChI=1S/C8H10O4/c1-8(11-4-5-12-8)6-7-9-2-3-10-7/h2-5,7H,6H2,1H3. The molecule has 0 aliphatic carbocycles. The predicted molar refractivity (Wildman–Crippen MR) is 39.4 cm³/mol. The maximum absolute atomic E-state index is 5.21. The minimum atomic E-state index is -0.642. The van der Waals surface area contributed by atoms with Gasteiger partial charge in [0.2, 0.25) is 6.29 Å². The molecule has 2 heterocycles. The summed E-state index contributed by atoms with van der Waals surface area (Å²) < 4.78 is 20.6. The molecule has 4 nitrogen and oxygen atoms in total. The molecule has 0 saturated heterocycles. The Morgan fingerprint density at radius 1 is 1.08 bits per heavy atom. The molecule has 2 aliphatic heterocycles. The van der Waals surface area contributed by atoms with Gasteiger partial charge >= 0.3 is 0 Å². The average Bonchev–Trinajstić information content (AvgIpc) is 2.62. The van der Waals surface area contributed by atoms with Crippen molar-refractivity contribution in [2.24, 2.45) is 0 Å². The zero-order valence-electron chi connectivity index (χ0n) is 6.73. The maximum atomic E-state index is 5.21. The first-order chi connectivity index (χ1) is 5.79. The van der Waals surface area contributed by atoms with E-state index in [0.29, 0.717) is 6.42 Å². The van der Waals surface area contributed by atoms with Crippen LogP contribution >= 0.6 is 0 Å². The van der Waals surface area contributed by atoms with Gasteiger partial charge in [0.15, 0.2) is 0 Å². The quantitative estimate of drug-likeness (QED) is 0.628. The Balaban J connectivity index is 1.85. The minimum Gasteiger partial charge on any atom is -0.459 e. The third kappa shape index (κ3) is 1.32. The average molecular weight is 170 g/mol. The molecule has 0 amide bonds. The van der Waals surface area contributed by atoms with E-state index in [9.17, 15) is 0 Å². The molecular formula is C8H10O4. The van der Waals surface area contributed by atoms with Crippen LogP contribution in [0.5, 0.6) is 0 Å². The van der Waals surface area contributed by atoms with Crippen LogP contribution in [0.15, 0.2) is 25.0 Å². The zero-order chi connectivity index (χ0) is 8.44. The van der Waals surface area contributed by atoms with Crippen molar-refractivity contribution in [1.29, 1.82) is 0 Å². The van der Waals surface area contributed by atoms with Gasteiger partial charge in [0.1, 0.15) is 25.0 Å². The Morgan fingerprint density at radius 3 is 2.25 bits per heavy atom. The van der Waals surface area contributed by atoms with Crippen molar-refractivity contribution >= 4 is 0 Å². The number of hydrogen-bond donors (Lipinski definition) is 0. The highest BCUT2D eigenvalue weighted by Gasteiger charge is 2.35. The first kappa shape index (κ1) is 7.34. The molecule has 12 heavy (non-hydrogen) atoms. The summed E-state index contributed by atoms with van der Waals surface area (Å²) in [4.78, 5) is 0. The smallest absolute Gasteiger partial charge is 0.254 e. The SMILES string of the molecule is CC1(CC2OC=CO2)OC=CO1. The Labute approximate surface area is 70.4 Å². The van der Waals surface area contributed by atoms with Crippen molar-refractivity contribution in [3.63, 3.8) is 0 Å². The molecule has 0 aromatic rings. The van der Waals surface area contributed by atoms with Crippen molar-refractivity contribution in [1.82, 2.24) is 0 Å². The molecule has 0 fully saturated rings. The van der Waals surface area contributed by atoms with Gasteiger partial charge in [0.05, 0.1) is 6.42 Å². The fraction of sp³-hybridized carbons (Fsp3) is 0.500. The molecule has 0 N–H and O–H groups in total. The van der Waals surface area contributed by atoms with Gasteiger partial charge in [-0.3, -0.25) is 0 Å².